The maximum absolute atomic E-state index is 5.60. The van der Waals surface area contributed by atoms with E-state index in [2.05, 4.69) is 69.1 Å². The van der Waals surface area contributed by atoms with Gasteiger partial charge in [-0.25, -0.2) is 0 Å². The summed E-state index contributed by atoms with van der Waals surface area (Å²) in [5, 5.41) is 6.99. The second kappa shape index (κ2) is 10.5. The molecule has 0 amide bonds. The Kier molecular flexibility index (Phi) is 7.21. The van der Waals surface area contributed by atoms with Crippen LogP contribution >= 0.6 is 0 Å². The topological polar surface area (TPSA) is 58.1 Å². The number of nitrogens with zero attached hydrogens (tertiary/aromatic N) is 2. The van der Waals surface area contributed by atoms with Gasteiger partial charge in [0.2, 0.25) is 0 Å². The number of morpholine rings is 1. The molecular weight excluding hydrogens is 376 g/mol. The van der Waals surface area contributed by atoms with E-state index in [1.165, 1.54) is 16.7 Å². The van der Waals surface area contributed by atoms with Gasteiger partial charge in [0.15, 0.2) is 5.96 Å². The number of fused-ring (bicyclic) bond motifs is 1. The number of aliphatic imine (C=N–C) groups is 1. The van der Waals surface area contributed by atoms with Gasteiger partial charge in [0.05, 0.1) is 25.9 Å². The van der Waals surface area contributed by atoms with Crippen molar-refractivity contribution < 1.29 is 9.47 Å². The van der Waals surface area contributed by atoms with Crippen LogP contribution in [0.25, 0.3) is 0 Å². The maximum Gasteiger partial charge on any atom is 0.191 e. The zero-order valence-corrected chi connectivity index (χ0v) is 17.8. The molecule has 1 unspecified atom stereocenters. The predicted molar refractivity (Wildman–Crippen MR) is 120 cm³/mol. The molecule has 1 fully saturated rings. The van der Waals surface area contributed by atoms with Crippen LogP contribution in [0.5, 0.6) is 5.75 Å². The third kappa shape index (κ3) is 5.32. The highest BCUT2D eigenvalue weighted by atomic mass is 16.5. The lowest BCUT2D eigenvalue weighted by Gasteiger charge is -2.35. The molecule has 160 valence electrons. The molecule has 0 bridgehead atoms. The van der Waals surface area contributed by atoms with E-state index in [1.807, 2.05) is 7.05 Å². The van der Waals surface area contributed by atoms with Crippen LogP contribution in [0.3, 0.4) is 0 Å². The van der Waals surface area contributed by atoms with Gasteiger partial charge in [0, 0.05) is 39.6 Å². The Morgan fingerprint density at radius 2 is 1.90 bits per heavy atom. The minimum atomic E-state index is 0.297. The van der Waals surface area contributed by atoms with Crippen LogP contribution in [0.1, 0.15) is 22.7 Å². The Labute approximate surface area is 179 Å². The quantitative estimate of drug-likeness (QED) is 0.544. The molecule has 2 N–H and O–H groups in total. The summed E-state index contributed by atoms with van der Waals surface area (Å²) in [7, 11) is 1.83. The van der Waals surface area contributed by atoms with Crippen LogP contribution in [0, 0.1) is 0 Å². The molecule has 2 aliphatic heterocycles. The molecule has 2 heterocycles. The molecule has 2 aromatic carbocycles. The summed E-state index contributed by atoms with van der Waals surface area (Å²) in [6.45, 7) is 5.95. The van der Waals surface area contributed by atoms with Crippen molar-refractivity contribution in [1.82, 2.24) is 15.5 Å². The van der Waals surface area contributed by atoms with E-state index >= 15 is 0 Å². The number of nitrogens with one attached hydrogen (secondary N) is 2. The molecule has 0 radical (unpaired) electrons. The Morgan fingerprint density at radius 1 is 1.07 bits per heavy atom. The van der Waals surface area contributed by atoms with Gasteiger partial charge in [-0.3, -0.25) is 9.89 Å². The molecule has 6 heteroatoms. The summed E-state index contributed by atoms with van der Waals surface area (Å²) in [5.74, 6) is 1.88. The summed E-state index contributed by atoms with van der Waals surface area (Å²) in [6.07, 6.45) is 1.97. The standard InChI is InChI=1S/C24H32N4O2/c1-25-24(26-11-9-19-7-8-23-21(17-19)10-14-30-23)27-18-22(20-5-3-2-4-6-20)28-12-15-29-16-13-28/h2-8,17,22H,9-16,18H2,1H3,(H2,25,26,27). The number of rotatable bonds is 7. The average Bonchev–Trinajstić information content (AvgIpc) is 3.27. The molecule has 2 aromatic rings. The van der Waals surface area contributed by atoms with Gasteiger partial charge < -0.3 is 20.1 Å². The summed E-state index contributed by atoms with van der Waals surface area (Å²) in [6, 6.07) is 17.5. The lowest BCUT2D eigenvalue weighted by Crippen LogP contribution is -2.46. The maximum atomic E-state index is 5.60. The Hall–Kier alpha value is -2.57. The fourth-order valence-corrected chi connectivity index (χ4v) is 4.16. The minimum Gasteiger partial charge on any atom is -0.493 e. The van der Waals surface area contributed by atoms with Crippen molar-refractivity contribution in [1.29, 1.82) is 0 Å². The molecule has 0 spiro atoms. The lowest BCUT2D eigenvalue weighted by molar-refractivity contribution is 0.0170. The van der Waals surface area contributed by atoms with E-state index in [-0.39, 0.29) is 0 Å². The van der Waals surface area contributed by atoms with Crippen LogP contribution in [0.2, 0.25) is 0 Å². The molecule has 6 nitrogen and oxygen atoms in total. The fourth-order valence-electron chi connectivity index (χ4n) is 4.16. The largest absolute Gasteiger partial charge is 0.493 e. The Bertz CT molecular complexity index is 834. The number of ether oxygens (including phenoxy) is 2. The van der Waals surface area contributed by atoms with Gasteiger partial charge in [0.1, 0.15) is 5.75 Å². The van der Waals surface area contributed by atoms with Gasteiger partial charge in [0.25, 0.3) is 0 Å². The third-order valence-corrected chi connectivity index (χ3v) is 5.82. The van der Waals surface area contributed by atoms with Crippen molar-refractivity contribution in [3.05, 3.63) is 65.2 Å². The lowest BCUT2D eigenvalue weighted by atomic mass is 10.0. The van der Waals surface area contributed by atoms with Crippen molar-refractivity contribution in [3.8, 4) is 5.75 Å². The summed E-state index contributed by atoms with van der Waals surface area (Å²) in [5.41, 5.74) is 3.98. The monoisotopic (exact) mass is 408 g/mol. The highest BCUT2D eigenvalue weighted by Gasteiger charge is 2.22. The van der Waals surface area contributed by atoms with Crippen LogP contribution < -0.4 is 15.4 Å². The van der Waals surface area contributed by atoms with Crippen molar-refractivity contribution in [3.63, 3.8) is 0 Å². The molecule has 0 saturated carbocycles. The number of benzene rings is 2. The summed E-state index contributed by atoms with van der Waals surface area (Å²) in [4.78, 5) is 6.91. The van der Waals surface area contributed by atoms with E-state index in [9.17, 15) is 0 Å². The van der Waals surface area contributed by atoms with Crippen LogP contribution in [0.4, 0.5) is 0 Å². The van der Waals surface area contributed by atoms with Gasteiger partial charge in [-0.15, -0.1) is 0 Å². The average molecular weight is 409 g/mol. The van der Waals surface area contributed by atoms with Gasteiger partial charge >= 0.3 is 0 Å². The highest BCUT2D eigenvalue weighted by molar-refractivity contribution is 5.79. The molecule has 0 aromatic heterocycles. The molecule has 1 atom stereocenters. The third-order valence-electron chi connectivity index (χ3n) is 5.82. The fraction of sp³-hybridized carbons (Fsp3) is 0.458. The van der Waals surface area contributed by atoms with Gasteiger partial charge in [-0.05, 0) is 29.2 Å². The zero-order valence-electron chi connectivity index (χ0n) is 17.8. The molecule has 0 aliphatic carbocycles. The van der Waals surface area contributed by atoms with E-state index in [4.69, 9.17) is 9.47 Å². The first-order valence-electron chi connectivity index (χ1n) is 10.9. The zero-order chi connectivity index (χ0) is 20.6. The summed E-state index contributed by atoms with van der Waals surface area (Å²) >= 11 is 0. The Balaban J connectivity index is 1.30. The first-order valence-corrected chi connectivity index (χ1v) is 10.9. The number of hydrogen-bond acceptors (Lipinski definition) is 4. The number of guanidine groups is 1. The van der Waals surface area contributed by atoms with Gasteiger partial charge in [-0.1, -0.05) is 42.5 Å². The van der Waals surface area contributed by atoms with E-state index < -0.39 is 0 Å². The summed E-state index contributed by atoms with van der Waals surface area (Å²) < 4.78 is 11.1. The second-order valence-corrected chi connectivity index (χ2v) is 7.75. The highest BCUT2D eigenvalue weighted by Crippen LogP contribution is 2.26. The van der Waals surface area contributed by atoms with E-state index in [0.29, 0.717) is 6.04 Å². The minimum absolute atomic E-state index is 0.297. The van der Waals surface area contributed by atoms with Crippen LogP contribution in [-0.2, 0) is 17.6 Å². The molecule has 2 aliphatic rings. The van der Waals surface area contributed by atoms with Crippen LogP contribution in [0.15, 0.2) is 53.5 Å². The van der Waals surface area contributed by atoms with Crippen LogP contribution in [-0.4, -0.2) is 63.9 Å². The van der Waals surface area contributed by atoms with Crippen molar-refractivity contribution in [2.45, 2.75) is 18.9 Å². The number of hydrogen-bond donors (Lipinski definition) is 2. The van der Waals surface area contributed by atoms with Crippen molar-refractivity contribution >= 4 is 5.96 Å². The smallest absolute Gasteiger partial charge is 0.191 e. The predicted octanol–water partition coefficient (Wildman–Crippen LogP) is 2.40. The first-order chi connectivity index (χ1) is 14.8. The molecule has 4 rings (SSSR count). The Morgan fingerprint density at radius 3 is 2.70 bits per heavy atom. The van der Waals surface area contributed by atoms with Crippen molar-refractivity contribution in [2.24, 2.45) is 4.99 Å². The van der Waals surface area contributed by atoms with E-state index in [1.54, 1.807) is 0 Å². The van der Waals surface area contributed by atoms with E-state index in [0.717, 1.165) is 70.6 Å². The molecule has 30 heavy (non-hydrogen) atoms. The molecular formula is C24H32N4O2. The normalized spacial score (nSPS) is 17.8. The SMILES string of the molecule is CN=C(NCCc1ccc2c(c1)CCO2)NCC(c1ccccc1)N1CCOCC1. The second-order valence-electron chi connectivity index (χ2n) is 7.75. The van der Waals surface area contributed by atoms with Crippen molar-refractivity contribution in [2.75, 3.05) is 53.0 Å². The van der Waals surface area contributed by atoms with Gasteiger partial charge in [-0.2, -0.15) is 0 Å². The first kappa shape index (κ1) is 20.7. The molecule has 1 saturated heterocycles.